The Morgan fingerprint density at radius 3 is 2.48 bits per heavy atom. The van der Waals surface area contributed by atoms with Crippen LogP contribution in [-0.4, -0.2) is 8.42 Å². The molecule has 0 radical (unpaired) electrons. The van der Waals surface area contributed by atoms with E-state index in [2.05, 4.69) is 5.32 Å². The lowest BCUT2D eigenvalue weighted by Gasteiger charge is -2.17. The van der Waals surface area contributed by atoms with Crippen LogP contribution in [0.5, 0.6) is 0 Å². The van der Waals surface area contributed by atoms with Crippen LogP contribution in [0.4, 0.5) is 15.8 Å². The molecule has 0 bridgehead atoms. The fraction of sp³-hybridized carbons (Fsp3) is 0.143. The monoisotopic (exact) mass is 309 g/mol. The van der Waals surface area contributed by atoms with E-state index in [0.717, 1.165) is 0 Å². The number of benzene rings is 2. The SMILES string of the molecule is CC(Nc1cc(N)cc(S(N)(=O)=O)c1)c1ccccc1F. The normalized spacial score (nSPS) is 12.9. The topological polar surface area (TPSA) is 98.2 Å². The summed E-state index contributed by atoms with van der Waals surface area (Å²) < 4.78 is 36.5. The molecule has 0 saturated carbocycles. The smallest absolute Gasteiger partial charge is 0.238 e. The van der Waals surface area contributed by atoms with Crippen molar-refractivity contribution in [3.63, 3.8) is 0 Å². The van der Waals surface area contributed by atoms with Crippen LogP contribution in [0.15, 0.2) is 47.4 Å². The summed E-state index contributed by atoms with van der Waals surface area (Å²) in [5.41, 5.74) is 6.84. The molecule has 1 unspecified atom stereocenters. The van der Waals surface area contributed by atoms with Crippen LogP contribution in [0, 0.1) is 5.82 Å². The van der Waals surface area contributed by atoms with Gasteiger partial charge in [0.25, 0.3) is 0 Å². The number of sulfonamides is 1. The highest BCUT2D eigenvalue weighted by Crippen LogP contribution is 2.25. The minimum atomic E-state index is -3.85. The highest BCUT2D eigenvalue weighted by atomic mass is 32.2. The summed E-state index contributed by atoms with van der Waals surface area (Å²) in [6.07, 6.45) is 0. The van der Waals surface area contributed by atoms with Gasteiger partial charge in [-0.25, -0.2) is 17.9 Å². The van der Waals surface area contributed by atoms with E-state index < -0.39 is 10.0 Å². The molecule has 21 heavy (non-hydrogen) atoms. The van der Waals surface area contributed by atoms with Crippen LogP contribution in [0.2, 0.25) is 0 Å². The second kappa shape index (κ2) is 5.71. The van der Waals surface area contributed by atoms with Gasteiger partial charge in [0.1, 0.15) is 5.82 Å². The lowest BCUT2D eigenvalue weighted by atomic mass is 10.1. The maximum absolute atomic E-state index is 13.7. The van der Waals surface area contributed by atoms with E-state index in [-0.39, 0.29) is 22.4 Å². The summed E-state index contributed by atoms with van der Waals surface area (Å²) >= 11 is 0. The number of halogens is 1. The van der Waals surface area contributed by atoms with Crippen molar-refractivity contribution in [3.05, 3.63) is 53.8 Å². The Morgan fingerprint density at radius 2 is 1.86 bits per heavy atom. The number of nitrogens with two attached hydrogens (primary N) is 2. The van der Waals surface area contributed by atoms with E-state index in [4.69, 9.17) is 10.9 Å². The highest BCUT2D eigenvalue weighted by molar-refractivity contribution is 7.89. The molecule has 7 heteroatoms. The number of nitrogens with one attached hydrogen (secondary N) is 1. The number of rotatable bonds is 4. The lowest BCUT2D eigenvalue weighted by molar-refractivity contribution is 0.597. The first-order valence-electron chi connectivity index (χ1n) is 6.21. The Balaban J connectivity index is 2.32. The van der Waals surface area contributed by atoms with Crippen molar-refractivity contribution in [1.29, 1.82) is 0 Å². The average molecular weight is 309 g/mol. The first-order valence-corrected chi connectivity index (χ1v) is 7.76. The molecule has 0 aliphatic rings. The second-order valence-electron chi connectivity index (χ2n) is 4.72. The molecule has 112 valence electrons. The van der Waals surface area contributed by atoms with Crippen molar-refractivity contribution in [2.24, 2.45) is 5.14 Å². The van der Waals surface area contributed by atoms with Crippen LogP contribution in [0.1, 0.15) is 18.5 Å². The highest BCUT2D eigenvalue weighted by Gasteiger charge is 2.13. The van der Waals surface area contributed by atoms with Crippen LogP contribution in [-0.2, 0) is 10.0 Å². The van der Waals surface area contributed by atoms with E-state index in [1.165, 1.54) is 18.2 Å². The van der Waals surface area contributed by atoms with Crippen molar-refractivity contribution in [1.82, 2.24) is 0 Å². The van der Waals surface area contributed by atoms with Gasteiger partial charge in [-0.15, -0.1) is 0 Å². The molecule has 5 nitrogen and oxygen atoms in total. The number of hydrogen-bond acceptors (Lipinski definition) is 4. The second-order valence-corrected chi connectivity index (χ2v) is 6.28. The van der Waals surface area contributed by atoms with Crippen molar-refractivity contribution in [3.8, 4) is 0 Å². The predicted molar refractivity (Wildman–Crippen MR) is 80.7 cm³/mol. The Labute approximate surface area is 122 Å². The number of primary sulfonamides is 1. The van der Waals surface area contributed by atoms with Gasteiger partial charge < -0.3 is 11.1 Å². The third-order valence-electron chi connectivity index (χ3n) is 3.01. The zero-order valence-electron chi connectivity index (χ0n) is 11.4. The van der Waals surface area contributed by atoms with Gasteiger partial charge in [0.15, 0.2) is 0 Å². The fourth-order valence-electron chi connectivity index (χ4n) is 2.02. The summed E-state index contributed by atoms with van der Waals surface area (Å²) in [5.74, 6) is -0.340. The van der Waals surface area contributed by atoms with Crippen LogP contribution in [0.25, 0.3) is 0 Å². The Morgan fingerprint density at radius 1 is 1.19 bits per heavy atom. The largest absolute Gasteiger partial charge is 0.399 e. The summed E-state index contributed by atoms with van der Waals surface area (Å²) in [4.78, 5) is -0.0919. The molecule has 0 fully saturated rings. The minimum Gasteiger partial charge on any atom is -0.399 e. The number of anilines is 2. The third kappa shape index (κ3) is 3.71. The molecule has 0 saturated heterocycles. The first-order chi connectivity index (χ1) is 9.77. The van der Waals surface area contributed by atoms with Gasteiger partial charge in [-0.3, -0.25) is 0 Å². The number of hydrogen-bond donors (Lipinski definition) is 3. The third-order valence-corrected chi connectivity index (χ3v) is 3.91. The maximum atomic E-state index is 13.7. The van der Waals surface area contributed by atoms with Gasteiger partial charge in [0.2, 0.25) is 10.0 Å². The molecule has 0 aliphatic heterocycles. The van der Waals surface area contributed by atoms with Crippen molar-refractivity contribution >= 4 is 21.4 Å². The zero-order valence-corrected chi connectivity index (χ0v) is 12.2. The molecular weight excluding hydrogens is 293 g/mol. The molecule has 2 rings (SSSR count). The van der Waals surface area contributed by atoms with Crippen molar-refractivity contribution in [2.75, 3.05) is 11.1 Å². The molecule has 2 aromatic rings. The molecule has 0 heterocycles. The van der Waals surface area contributed by atoms with Gasteiger partial charge in [0.05, 0.1) is 10.9 Å². The molecule has 5 N–H and O–H groups in total. The van der Waals surface area contributed by atoms with Gasteiger partial charge in [-0.05, 0) is 31.2 Å². The predicted octanol–water partition coefficient (Wildman–Crippen LogP) is 2.23. The molecule has 0 aliphatic carbocycles. The Kier molecular flexibility index (Phi) is 4.15. The minimum absolute atomic E-state index is 0.0919. The van der Waals surface area contributed by atoms with Gasteiger partial charge in [-0.1, -0.05) is 18.2 Å². The van der Waals surface area contributed by atoms with Gasteiger partial charge in [-0.2, -0.15) is 0 Å². The molecule has 0 spiro atoms. The Hall–Kier alpha value is -2.12. The van der Waals surface area contributed by atoms with Crippen molar-refractivity contribution < 1.29 is 12.8 Å². The molecule has 0 amide bonds. The first kappa shape index (κ1) is 15.3. The summed E-state index contributed by atoms with van der Waals surface area (Å²) in [7, 11) is -3.85. The standard InChI is InChI=1S/C14H16FN3O2S/c1-9(13-4-2-3-5-14(13)15)18-11-6-10(16)7-12(8-11)21(17,19)20/h2-9,18H,16H2,1H3,(H2,17,19,20). The summed E-state index contributed by atoms with van der Waals surface area (Å²) in [5, 5.41) is 8.10. The molecule has 2 aromatic carbocycles. The molecular formula is C14H16FN3O2S. The van der Waals surface area contributed by atoms with Crippen LogP contribution in [0.3, 0.4) is 0 Å². The zero-order chi connectivity index (χ0) is 15.6. The number of nitrogen functional groups attached to an aromatic ring is 1. The van der Waals surface area contributed by atoms with E-state index >= 15 is 0 Å². The van der Waals surface area contributed by atoms with Gasteiger partial charge >= 0.3 is 0 Å². The Bertz CT molecular complexity index is 763. The fourth-order valence-corrected chi connectivity index (χ4v) is 2.62. The van der Waals surface area contributed by atoms with Crippen molar-refractivity contribution in [2.45, 2.75) is 17.9 Å². The lowest BCUT2D eigenvalue weighted by Crippen LogP contribution is -2.14. The van der Waals surface area contributed by atoms with E-state index in [1.54, 1.807) is 31.2 Å². The summed E-state index contributed by atoms with van der Waals surface area (Å²) in [6, 6.07) is 10.2. The molecule has 1 atom stereocenters. The van der Waals surface area contributed by atoms with Crippen LogP contribution < -0.4 is 16.2 Å². The summed E-state index contributed by atoms with van der Waals surface area (Å²) in [6.45, 7) is 1.76. The van der Waals surface area contributed by atoms with Gasteiger partial charge in [0, 0.05) is 16.9 Å². The van der Waals surface area contributed by atoms with E-state index in [1.807, 2.05) is 0 Å². The average Bonchev–Trinajstić information content (AvgIpc) is 2.37. The van der Waals surface area contributed by atoms with Crippen LogP contribution >= 0.6 is 0 Å². The quantitative estimate of drug-likeness (QED) is 0.754. The van der Waals surface area contributed by atoms with E-state index in [9.17, 15) is 12.8 Å². The maximum Gasteiger partial charge on any atom is 0.238 e. The van der Waals surface area contributed by atoms with E-state index in [0.29, 0.717) is 11.3 Å². The molecule has 0 aromatic heterocycles.